The van der Waals surface area contributed by atoms with Gasteiger partial charge in [0.1, 0.15) is 0 Å². The first kappa shape index (κ1) is 16.1. The second-order valence-electron chi connectivity index (χ2n) is 5.24. The van der Waals surface area contributed by atoms with Crippen LogP contribution in [-0.2, 0) is 6.42 Å². The third-order valence-electron chi connectivity index (χ3n) is 3.84. The smallest absolute Gasteiger partial charge is 0.0644 e. The second-order valence-corrected chi connectivity index (χ2v) is 6.12. The van der Waals surface area contributed by atoms with Gasteiger partial charge in [-0.05, 0) is 43.4 Å². The van der Waals surface area contributed by atoms with Gasteiger partial charge in [0.15, 0.2) is 0 Å². The summed E-state index contributed by atoms with van der Waals surface area (Å²) in [5, 5.41) is 4.64. The van der Waals surface area contributed by atoms with Crippen molar-refractivity contribution < 1.29 is 0 Å². The van der Waals surface area contributed by atoms with Crippen LogP contribution in [0.25, 0.3) is 0 Å². The maximum atomic E-state index is 5.73. The minimum atomic E-state index is 0.0844. The molecule has 0 aliphatic carbocycles. The highest BCUT2D eigenvalue weighted by Crippen LogP contribution is 2.21. The van der Waals surface area contributed by atoms with Gasteiger partial charge in [-0.3, -0.25) is 16.0 Å². The van der Waals surface area contributed by atoms with Crippen LogP contribution in [0.5, 0.6) is 0 Å². The topological polar surface area (TPSA) is 55.9 Å². The molecular weight excluding hydrogens is 280 g/mol. The highest BCUT2D eigenvalue weighted by molar-refractivity contribution is 7.98. The van der Waals surface area contributed by atoms with Crippen molar-refractivity contribution in [1.82, 2.24) is 15.2 Å². The quantitative estimate of drug-likeness (QED) is 0.468. The van der Waals surface area contributed by atoms with Crippen LogP contribution in [-0.4, -0.2) is 16.0 Å². The number of nitrogens with two attached hydrogens (primary N) is 1. The third-order valence-corrected chi connectivity index (χ3v) is 4.58. The summed E-state index contributed by atoms with van der Waals surface area (Å²) in [6, 6.07) is 11.1. The average molecular weight is 304 g/mol. The maximum Gasteiger partial charge on any atom is 0.0644 e. The Balaban J connectivity index is 2.09. The maximum absolute atomic E-state index is 5.73. The van der Waals surface area contributed by atoms with E-state index >= 15 is 0 Å². The molecule has 114 valence electrons. The third kappa shape index (κ3) is 4.09. The van der Waals surface area contributed by atoms with E-state index in [1.165, 1.54) is 10.5 Å². The zero-order valence-electron chi connectivity index (χ0n) is 12.9. The number of aromatic nitrogens is 2. The fraction of sp³-hybridized carbons (Fsp3) is 0.438. The van der Waals surface area contributed by atoms with E-state index in [2.05, 4.69) is 61.0 Å². The molecule has 0 radical (unpaired) electrons. The molecular formula is C16H24N4S. The normalized spacial score (nSPS) is 14.1. The molecule has 3 N–H and O–H groups in total. The average Bonchev–Trinajstić information content (AvgIpc) is 3.00. The van der Waals surface area contributed by atoms with Crippen LogP contribution in [0, 0.1) is 0 Å². The molecule has 2 atom stereocenters. The highest BCUT2D eigenvalue weighted by atomic mass is 32.2. The predicted octanol–water partition coefficient (Wildman–Crippen LogP) is 3.32. The molecule has 4 nitrogen and oxygen atoms in total. The Morgan fingerprint density at radius 3 is 2.57 bits per heavy atom. The SMILES string of the molecule is CCC(C)n1ccc(CC(NN)c2ccc(SC)cc2)n1. The molecule has 1 aromatic heterocycles. The van der Waals surface area contributed by atoms with Crippen molar-refractivity contribution in [3.8, 4) is 0 Å². The van der Waals surface area contributed by atoms with Gasteiger partial charge in [-0.15, -0.1) is 11.8 Å². The lowest BCUT2D eigenvalue weighted by atomic mass is 10.0. The number of hydrogen-bond donors (Lipinski definition) is 2. The molecule has 0 bridgehead atoms. The second kappa shape index (κ2) is 7.64. The van der Waals surface area contributed by atoms with Gasteiger partial charge in [-0.1, -0.05) is 19.1 Å². The molecule has 0 spiro atoms. The molecule has 5 heteroatoms. The molecule has 1 heterocycles. The minimum absolute atomic E-state index is 0.0844. The lowest BCUT2D eigenvalue weighted by Crippen LogP contribution is -2.29. The molecule has 0 amide bonds. The van der Waals surface area contributed by atoms with E-state index in [9.17, 15) is 0 Å². The van der Waals surface area contributed by atoms with Crippen molar-refractivity contribution in [2.24, 2.45) is 5.84 Å². The summed E-state index contributed by atoms with van der Waals surface area (Å²) in [6.07, 6.45) is 6.00. The minimum Gasteiger partial charge on any atom is -0.271 e. The van der Waals surface area contributed by atoms with Crippen molar-refractivity contribution in [3.05, 3.63) is 47.8 Å². The van der Waals surface area contributed by atoms with Gasteiger partial charge in [-0.2, -0.15) is 5.10 Å². The number of nitrogens with zero attached hydrogens (tertiary/aromatic N) is 2. The molecule has 1 aromatic carbocycles. The number of benzene rings is 1. The Bertz CT molecular complexity index is 550. The van der Waals surface area contributed by atoms with E-state index in [0.717, 1.165) is 18.5 Å². The standard InChI is InChI=1S/C16H24N4S/c1-4-12(2)20-10-9-14(19-20)11-16(18-17)13-5-7-15(21-3)8-6-13/h5-10,12,16,18H,4,11,17H2,1-3H3. The molecule has 2 aromatic rings. The van der Waals surface area contributed by atoms with Crippen LogP contribution in [0.1, 0.15) is 43.6 Å². The van der Waals surface area contributed by atoms with Gasteiger partial charge < -0.3 is 0 Å². The van der Waals surface area contributed by atoms with Crippen molar-refractivity contribution in [3.63, 3.8) is 0 Å². The number of hydrazine groups is 1. The largest absolute Gasteiger partial charge is 0.271 e. The number of rotatable bonds is 7. The monoisotopic (exact) mass is 304 g/mol. The summed E-state index contributed by atoms with van der Waals surface area (Å²) in [7, 11) is 0. The van der Waals surface area contributed by atoms with Gasteiger partial charge in [0.2, 0.25) is 0 Å². The summed E-state index contributed by atoms with van der Waals surface area (Å²) in [6.45, 7) is 4.35. The summed E-state index contributed by atoms with van der Waals surface area (Å²) in [4.78, 5) is 1.26. The van der Waals surface area contributed by atoms with E-state index in [-0.39, 0.29) is 6.04 Å². The fourth-order valence-corrected chi connectivity index (χ4v) is 2.65. The van der Waals surface area contributed by atoms with E-state index in [1.807, 2.05) is 10.9 Å². The fourth-order valence-electron chi connectivity index (χ4n) is 2.24. The molecule has 0 aliphatic rings. The van der Waals surface area contributed by atoms with Crippen LogP contribution in [0.15, 0.2) is 41.4 Å². The Hall–Kier alpha value is -1.30. The Morgan fingerprint density at radius 1 is 1.29 bits per heavy atom. The zero-order valence-corrected chi connectivity index (χ0v) is 13.7. The van der Waals surface area contributed by atoms with E-state index in [1.54, 1.807) is 11.8 Å². The number of thioether (sulfide) groups is 1. The summed E-state index contributed by atoms with van der Waals surface area (Å²) in [5.41, 5.74) is 5.15. The van der Waals surface area contributed by atoms with Crippen LogP contribution in [0.3, 0.4) is 0 Å². The first-order valence-corrected chi connectivity index (χ1v) is 8.54. The van der Waals surface area contributed by atoms with Crippen molar-refractivity contribution in [2.75, 3.05) is 6.26 Å². The highest BCUT2D eigenvalue weighted by Gasteiger charge is 2.13. The summed E-state index contributed by atoms with van der Waals surface area (Å²) in [5.74, 6) is 5.73. The van der Waals surface area contributed by atoms with Crippen LogP contribution < -0.4 is 11.3 Å². The first-order chi connectivity index (χ1) is 10.2. The Kier molecular flexibility index (Phi) is 5.85. The van der Waals surface area contributed by atoms with Crippen LogP contribution in [0.4, 0.5) is 0 Å². The van der Waals surface area contributed by atoms with E-state index in [4.69, 9.17) is 5.84 Å². The van der Waals surface area contributed by atoms with E-state index < -0.39 is 0 Å². The van der Waals surface area contributed by atoms with Crippen molar-refractivity contribution in [2.45, 2.75) is 43.7 Å². The summed E-state index contributed by atoms with van der Waals surface area (Å²) >= 11 is 1.74. The number of nitrogens with one attached hydrogen (secondary N) is 1. The molecule has 0 saturated heterocycles. The molecule has 0 fully saturated rings. The first-order valence-electron chi connectivity index (χ1n) is 7.32. The van der Waals surface area contributed by atoms with E-state index in [0.29, 0.717) is 6.04 Å². The molecule has 0 aliphatic heterocycles. The lowest BCUT2D eigenvalue weighted by Gasteiger charge is -2.15. The van der Waals surface area contributed by atoms with Crippen LogP contribution in [0.2, 0.25) is 0 Å². The van der Waals surface area contributed by atoms with Gasteiger partial charge in [0, 0.05) is 23.6 Å². The van der Waals surface area contributed by atoms with Gasteiger partial charge in [0.25, 0.3) is 0 Å². The molecule has 2 rings (SSSR count). The Labute approximate surface area is 131 Å². The van der Waals surface area contributed by atoms with Gasteiger partial charge in [-0.25, -0.2) is 0 Å². The molecule has 21 heavy (non-hydrogen) atoms. The van der Waals surface area contributed by atoms with Crippen LogP contribution >= 0.6 is 11.8 Å². The van der Waals surface area contributed by atoms with Crippen molar-refractivity contribution in [1.29, 1.82) is 0 Å². The molecule has 2 unspecified atom stereocenters. The lowest BCUT2D eigenvalue weighted by molar-refractivity contribution is 0.467. The Morgan fingerprint density at radius 2 is 2.00 bits per heavy atom. The number of hydrogen-bond acceptors (Lipinski definition) is 4. The van der Waals surface area contributed by atoms with Gasteiger partial charge >= 0.3 is 0 Å². The molecule has 0 saturated carbocycles. The summed E-state index contributed by atoms with van der Waals surface area (Å²) < 4.78 is 2.03. The van der Waals surface area contributed by atoms with Gasteiger partial charge in [0.05, 0.1) is 11.7 Å². The van der Waals surface area contributed by atoms with Crippen molar-refractivity contribution >= 4 is 11.8 Å². The predicted molar refractivity (Wildman–Crippen MR) is 89.2 cm³/mol. The zero-order chi connectivity index (χ0) is 15.2.